The Hall–Kier alpha value is -2.53. The standard InChI is InChI=1S/C15H13ClN2O3/c16-11-7-10(5-6-12(11)17)15(21)18-13-4-2-1-3-9(13)8-14(19)20/h1-7H,8,17H2,(H,18,21)(H,19,20). The highest BCUT2D eigenvalue weighted by Gasteiger charge is 2.11. The van der Waals surface area contributed by atoms with Crippen molar-refractivity contribution in [3.05, 3.63) is 58.6 Å². The Balaban J connectivity index is 2.23. The van der Waals surface area contributed by atoms with E-state index in [2.05, 4.69) is 5.32 Å². The minimum absolute atomic E-state index is 0.168. The summed E-state index contributed by atoms with van der Waals surface area (Å²) in [6.07, 6.45) is -0.168. The number of para-hydroxylation sites is 1. The minimum Gasteiger partial charge on any atom is -0.481 e. The van der Waals surface area contributed by atoms with Crippen molar-refractivity contribution in [3.63, 3.8) is 0 Å². The summed E-state index contributed by atoms with van der Waals surface area (Å²) in [4.78, 5) is 23.0. The number of halogens is 1. The van der Waals surface area contributed by atoms with Crippen LogP contribution in [-0.2, 0) is 11.2 Å². The van der Waals surface area contributed by atoms with Gasteiger partial charge >= 0.3 is 5.97 Å². The number of amides is 1. The Kier molecular flexibility index (Phi) is 4.45. The van der Waals surface area contributed by atoms with Gasteiger partial charge in [0.1, 0.15) is 0 Å². The van der Waals surface area contributed by atoms with Crippen LogP contribution in [0.4, 0.5) is 11.4 Å². The van der Waals surface area contributed by atoms with E-state index in [4.69, 9.17) is 22.4 Å². The van der Waals surface area contributed by atoms with Crippen molar-refractivity contribution in [3.8, 4) is 0 Å². The average molecular weight is 305 g/mol. The lowest BCUT2D eigenvalue weighted by Crippen LogP contribution is -2.14. The van der Waals surface area contributed by atoms with Gasteiger partial charge in [-0.2, -0.15) is 0 Å². The summed E-state index contributed by atoms with van der Waals surface area (Å²) in [5, 5.41) is 11.8. The fourth-order valence-electron chi connectivity index (χ4n) is 1.82. The number of aliphatic carboxylic acids is 1. The van der Waals surface area contributed by atoms with Gasteiger partial charge < -0.3 is 16.2 Å². The molecule has 0 radical (unpaired) electrons. The van der Waals surface area contributed by atoms with Crippen molar-refractivity contribution in [1.82, 2.24) is 0 Å². The molecule has 0 aromatic heterocycles. The van der Waals surface area contributed by atoms with Crippen LogP contribution in [0.25, 0.3) is 0 Å². The van der Waals surface area contributed by atoms with Crippen LogP contribution in [0.15, 0.2) is 42.5 Å². The Morgan fingerprint density at radius 3 is 2.57 bits per heavy atom. The molecule has 2 rings (SSSR count). The molecule has 0 atom stereocenters. The van der Waals surface area contributed by atoms with Crippen molar-refractivity contribution >= 4 is 34.9 Å². The molecular weight excluding hydrogens is 292 g/mol. The highest BCUT2D eigenvalue weighted by atomic mass is 35.5. The predicted molar refractivity (Wildman–Crippen MR) is 81.6 cm³/mol. The summed E-state index contributed by atoms with van der Waals surface area (Å²) in [5.74, 6) is -1.35. The Labute approximate surface area is 126 Å². The average Bonchev–Trinajstić information content (AvgIpc) is 2.43. The van der Waals surface area contributed by atoms with Gasteiger partial charge in [0.25, 0.3) is 5.91 Å². The number of hydrogen-bond acceptors (Lipinski definition) is 3. The van der Waals surface area contributed by atoms with Gasteiger partial charge in [-0.15, -0.1) is 0 Å². The molecule has 2 aromatic rings. The first-order valence-corrected chi connectivity index (χ1v) is 6.51. The molecule has 0 fully saturated rings. The number of nitrogen functional groups attached to an aromatic ring is 1. The Morgan fingerprint density at radius 2 is 1.90 bits per heavy atom. The number of rotatable bonds is 4. The normalized spacial score (nSPS) is 10.1. The molecule has 5 nitrogen and oxygen atoms in total. The second kappa shape index (κ2) is 6.28. The number of carbonyl (C=O) groups is 2. The fraction of sp³-hybridized carbons (Fsp3) is 0.0667. The van der Waals surface area contributed by atoms with Crippen LogP contribution in [0.2, 0.25) is 5.02 Å². The number of nitrogens with one attached hydrogen (secondary N) is 1. The van der Waals surface area contributed by atoms with Crippen molar-refractivity contribution < 1.29 is 14.7 Å². The lowest BCUT2D eigenvalue weighted by atomic mass is 10.1. The maximum absolute atomic E-state index is 12.2. The van der Waals surface area contributed by atoms with Gasteiger partial charge in [0.15, 0.2) is 0 Å². The summed E-state index contributed by atoms with van der Waals surface area (Å²) in [7, 11) is 0. The molecule has 0 saturated heterocycles. The van der Waals surface area contributed by atoms with Crippen LogP contribution < -0.4 is 11.1 Å². The van der Waals surface area contributed by atoms with Gasteiger partial charge in [-0.25, -0.2) is 0 Å². The highest BCUT2D eigenvalue weighted by molar-refractivity contribution is 6.33. The lowest BCUT2D eigenvalue weighted by Gasteiger charge is -2.10. The largest absolute Gasteiger partial charge is 0.481 e. The molecule has 4 N–H and O–H groups in total. The summed E-state index contributed by atoms with van der Waals surface area (Å²) < 4.78 is 0. The van der Waals surface area contributed by atoms with E-state index < -0.39 is 5.97 Å². The first-order chi connectivity index (χ1) is 9.97. The number of hydrogen-bond donors (Lipinski definition) is 3. The summed E-state index contributed by atoms with van der Waals surface area (Å²) in [5.41, 5.74) is 7.31. The van der Waals surface area contributed by atoms with Crippen LogP contribution in [0, 0.1) is 0 Å². The monoisotopic (exact) mass is 304 g/mol. The number of benzene rings is 2. The Morgan fingerprint density at radius 1 is 1.19 bits per heavy atom. The second-order valence-corrected chi connectivity index (χ2v) is 4.83. The summed E-state index contributed by atoms with van der Waals surface area (Å²) in [6.45, 7) is 0. The molecule has 0 spiro atoms. The van der Waals surface area contributed by atoms with Crippen molar-refractivity contribution in [2.24, 2.45) is 0 Å². The molecule has 0 heterocycles. The van der Waals surface area contributed by atoms with Crippen LogP contribution in [-0.4, -0.2) is 17.0 Å². The molecule has 0 aliphatic rings. The summed E-state index contributed by atoms with van der Waals surface area (Å²) >= 11 is 5.88. The van der Waals surface area contributed by atoms with Crippen molar-refractivity contribution in [2.75, 3.05) is 11.1 Å². The molecule has 2 aromatic carbocycles. The predicted octanol–water partition coefficient (Wildman–Crippen LogP) is 2.80. The maximum Gasteiger partial charge on any atom is 0.307 e. The van der Waals surface area contributed by atoms with Crippen molar-refractivity contribution in [1.29, 1.82) is 0 Å². The van der Waals surface area contributed by atoms with Gasteiger partial charge in [-0.3, -0.25) is 9.59 Å². The van der Waals surface area contributed by atoms with Crippen LogP contribution in [0.3, 0.4) is 0 Å². The molecule has 0 aliphatic heterocycles. The quantitative estimate of drug-likeness (QED) is 0.757. The third-order valence-corrected chi connectivity index (χ3v) is 3.20. The molecule has 108 valence electrons. The number of carbonyl (C=O) groups excluding carboxylic acids is 1. The van der Waals surface area contributed by atoms with E-state index in [-0.39, 0.29) is 12.3 Å². The number of anilines is 2. The lowest BCUT2D eigenvalue weighted by molar-refractivity contribution is -0.136. The smallest absolute Gasteiger partial charge is 0.307 e. The molecule has 0 bridgehead atoms. The van der Waals surface area contributed by atoms with E-state index in [0.29, 0.717) is 27.5 Å². The van der Waals surface area contributed by atoms with Crippen LogP contribution >= 0.6 is 11.6 Å². The second-order valence-electron chi connectivity index (χ2n) is 4.42. The molecule has 0 unspecified atom stereocenters. The van der Waals surface area contributed by atoms with E-state index in [1.54, 1.807) is 36.4 Å². The van der Waals surface area contributed by atoms with Gasteiger partial charge in [-0.05, 0) is 29.8 Å². The van der Waals surface area contributed by atoms with E-state index in [0.717, 1.165) is 0 Å². The van der Waals surface area contributed by atoms with Crippen LogP contribution in [0.5, 0.6) is 0 Å². The van der Waals surface area contributed by atoms with Gasteiger partial charge in [0.2, 0.25) is 0 Å². The topological polar surface area (TPSA) is 92.4 Å². The zero-order valence-electron chi connectivity index (χ0n) is 11.0. The molecule has 0 aliphatic carbocycles. The number of carboxylic acids is 1. The molecule has 1 amide bonds. The van der Waals surface area contributed by atoms with Crippen LogP contribution in [0.1, 0.15) is 15.9 Å². The maximum atomic E-state index is 12.2. The van der Waals surface area contributed by atoms with Gasteiger partial charge in [0, 0.05) is 11.3 Å². The van der Waals surface area contributed by atoms with E-state index in [1.165, 1.54) is 6.07 Å². The minimum atomic E-state index is -0.966. The van der Waals surface area contributed by atoms with Gasteiger partial charge in [0.05, 0.1) is 17.1 Å². The fourth-order valence-corrected chi connectivity index (χ4v) is 2.00. The number of carboxylic acid groups (broad SMARTS) is 1. The van der Waals surface area contributed by atoms with E-state index in [9.17, 15) is 9.59 Å². The summed E-state index contributed by atoms with van der Waals surface area (Å²) in [6, 6.07) is 11.3. The zero-order chi connectivity index (χ0) is 15.4. The van der Waals surface area contributed by atoms with Crippen molar-refractivity contribution in [2.45, 2.75) is 6.42 Å². The van der Waals surface area contributed by atoms with Gasteiger partial charge in [-0.1, -0.05) is 29.8 Å². The zero-order valence-corrected chi connectivity index (χ0v) is 11.7. The molecule has 6 heteroatoms. The first kappa shape index (κ1) is 14.9. The van der Waals surface area contributed by atoms with E-state index in [1.807, 2.05) is 0 Å². The highest BCUT2D eigenvalue weighted by Crippen LogP contribution is 2.21. The molecule has 0 saturated carbocycles. The molecular formula is C15H13ClN2O3. The third-order valence-electron chi connectivity index (χ3n) is 2.87. The molecule has 21 heavy (non-hydrogen) atoms. The SMILES string of the molecule is Nc1ccc(C(=O)Nc2ccccc2CC(=O)O)cc1Cl. The first-order valence-electron chi connectivity index (χ1n) is 6.13. The Bertz CT molecular complexity index is 701. The number of nitrogens with two attached hydrogens (primary N) is 1. The third kappa shape index (κ3) is 3.73. The van der Waals surface area contributed by atoms with E-state index >= 15 is 0 Å².